The second-order valence-electron chi connectivity index (χ2n) is 6.66. The van der Waals surface area contributed by atoms with E-state index in [0.717, 1.165) is 24.4 Å². The van der Waals surface area contributed by atoms with E-state index in [4.69, 9.17) is 4.42 Å². The van der Waals surface area contributed by atoms with Crippen molar-refractivity contribution in [3.8, 4) is 0 Å². The summed E-state index contributed by atoms with van der Waals surface area (Å²) in [5, 5.41) is 13.4. The fourth-order valence-corrected chi connectivity index (χ4v) is 3.32. The number of imidazole rings is 1. The smallest absolute Gasteiger partial charge is 0.317 e. The summed E-state index contributed by atoms with van der Waals surface area (Å²) in [7, 11) is 1.88. The van der Waals surface area contributed by atoms with Crippen LogP contribution < -0.4 is 5.32 Å². The van der Waals surface area contributed by atoms with Gasteiger partial charge in [0.1, 0.15) is 23.4 Å². The second kappa shape index (κ2) is 7.74. The first kappa shape index (κ1) is 17.5. The predicted molar refractivity (Wildman–Crippen MR) is 93.0 cm³/mol. The van der Waals surface area contributed by atoms with Crippen LogP contribution in [0.5, 0.6) is 0 Å². The zero-order valence-corrected chi connectivity index (χ0v) is 14.8. The van der Waals surface area contributed by atoms with Crippen LogP contribution in [0.25, 0.3) is 0 Å². The van der Waals surface area contributed by atoms with Crippen LogP contribution in [-0.4, -0.2) is 45.2 Å². The summed E-state index contributed by atoms with van der Waals surface area (Å²) in [6, 6.07) is 3.81. The molecule has 1 atom stereocenters. The highest BCUT2D eigenvalue weighted by atomic mass is 16.3. The molecule has 136 valence electrons. The Labute approximate surface area is 147 Å². The minimum absolute atomic E-state index is 0.0480. The lowest BCUT2D eigenvalue weighted by atomic mass is 9.91. The molecular formula is C18H26N4O3. The lowest BCUT2D eigenvalue weighted by Gasteiger charge is -2.34. The number of nitrogens with zero attached hydrogens (tertiary/aromatic N) is 3. The Morgan fingerprint density at radius 3 is 2.80 bits per heavy atom. The van der Waals surface area contributed by atoms with E-state index in [1.165, 1.54) is 0 Å². The Hall–Kier alpha value is -2.28. The number of urea groups is 1. The summed E-state index contributed by atoms with van der Waals surface area (Å²) in [4.78, 5) is 18.3. The number of nitrogens with one attached hydrogen (secondary N) is 1. The third-order valence-electron chi connectivity index (χ3n) is 4.84. The van der Waals surface area contributed by atoms with Gasteiger partial charge >= 0.3 is 6.03 Å². The maximum absolute atomic E-state index is 12.3. The Balaban J connectivity index is 1.42. The molecule has 0 aromatic carbocycles. The third kappa shape index (κ3) is 4.22. The molecule has 7 heteroatoms. The zero-order valence-electron chi connectivity index (χ0n) is 14.8. The summed E-state index contributed by atoms with van der Waals surface area (Å²) in [6.45, 7) is 3.77. The number of amides is 2. The van der Waals surface area contributed by atoms with Gasteiger partial charge in [0.05, 0.1) is 0 Å². The van der Waals surface area contributed by atoms with Gasteiger partial charge in [0.25, 0.3) is 0 Å². The minimum Gasteiger partial charge on any atom is -0.466 e. The summed E-state index contributed by atoms with van der Waals surface area (Å²) in [6.07, 6.45) is 5.20. The van der Waals surface area contributed by atoms with E-state index in [1.54, 1.807) is 6.20 Å². The average molecular weight is 346 g/mol. The van der Waals surface area contributed by atoms with E-state index in [2.05, 4.69) is 10.3 Å². The molecule has 1 saturated heterocycles. The molecule has 25 heavy (non-hydrogen) atoms. The van der Waals surface area contributed by atoms with Crippen molar-refractivity contribution in [2.24, 2.45) is 13.0 Å². The minimum atomic E-state index is -0.576. The molecular weight excluding hydrogens is 320 g/mol. The van der Waals surface area contributed by atoms with E-state index in [1.807, 2.05) is 41.8 Å². The quantitative estimate of drug-likeness (QED) is 0.867. The number of carbonyl (C=O) groups excluding carboxylic acids is 1. The first-order valence-corrected chi connectivity index (χ1v) is 8.78. The van der Waals surface area contributed by atoms with Crippen LogP contribution in [0.4, 0.5) is 4.79 Å². The summed E-state index contributed by atoms with van der Waals surface area (Å²) in [5.74, 6) is 2.59. The molecule has 2 aromatic rings. The number of rotatable bonds is 5. The van der Waals surface area contributed by atoms with Gasteiger partial charge in [-0.3, -0.25) is 0 Å². The molecule has 2 aromatic heterocycles. The highest BCUT2D eigenvalue weighted by molar-refractivity contribution is 5.74. The molecule has 2 N–H and O–H groups in total. The number of likely N-dealkylation sites (tertiary alicyclic amines) is 1. The van der Waals surface area contributed by atoms with Crippen molar-refractivity contribution in [1.29, 1.82) is 0 Å². The zero-order chi connectivity index (χ0) is 17.8. The second-order valence-corrected chi connectivity index (χ2v) is 6.66. The number of furan rings is 1. The Morgan fingerprint density at radius 1 is 1.44 bits per heavy atom. The van der Waals surface area contributed by atoms with Crippen LogP contribution in [0, 0.1) is 12.8 Å². The molecule has 3 heterocycles. The summed E-state index contributed by atoms with van der Waals surface area (Å²) < 4.78 is 7.34. The molecule has 0 spiro atoms. The maximum Gasteiger partial charge on any atom is 0.317 e. The molecule has 1 aliphatic rings. The van der Waals surface area contributed by atoms with Crippen LogP contribution in [0.2, 0.25) is 0 Å². The number of aliphatic hydroxyl groups is 1. The largest absolute Gasteiger partial charge is 0.466 e. The number of hydrogen-bond donors (Lipinski definition) is 2. The lowest BCUT2D eigenvalue weighted by molar-refractivity contribution is 0.0584. The lowest BCUT2D eigenvalue weighted by Crippen LogP contribution is -2.45. The highest BCUT2D eigenvalue weighted by Gasteiger charge is 2.29. The Kier molecular flexibility index (Phi) is 5.43. The fraction of sp³-hybridized carbons (Fsp3) is 0.556. The van der Waals surface area contributed by atoms with Gasteiger partial charge in [-0.1, -0.05) is 0 Å². The topological polar surface area (TPSA) is 83.5 Å². The number of aryl methyl sites for hydroxylation is 2. The normalized spacial score (nSPS) is 16.8. The van der Waals surface area contributed by atoms with Gasteiger partial charge in [-0.15, -0.1) is 0 Å². The Bertz CT molecular complexity index is 701. The van der Waals surface area contributed by atoms with Crippen molar-refractivity contribution in [2.75, 3.05) is 19.6 Å². The van der Waals surface area contributed by atoms with Crippen molar-refractivity contribution >= 4 is 6.03 Å². The monoisotopic (exact) mass is 346 g/mol. The first-order chi connectivity index (χ1) is 12.0. The van der Waals surface area contributed by atoms with Gasteiger partial charge in [-0.25, -0.2) is 9.78 Å². The molecule has 2 amide bonds. The average Bonchev–Trinajstić information content (AvgIpc) is 3.22. The van der Waals surface area contributed by atoms with Gasteiger partial charge in [0, 0.05) is 45.5 Å². The molecule has 0 saturated carbocycles. The van der Waals surface area contributed by atoms with Crippen LogP contribution in [0.3, 0.4) is 0 Å². The molecule has 3 rings (SSSR count). The van der Waals surface area contributed by atoms with Crippen molar-refractivity contribution in [2.45, 2.75) is 32.3 Å². The number of hydrogen-bond acceptors (Lipinski definition) is 4. The maximum atomic E-state index is 12.3. The van der Waals surface area contributed by atoms with Crippen molar-refractivity contribution < 1.29 is 14.3 Å². The number of piperidine rings is 1. The van der Waals surface area contributed by atoms with Crippen molar-refractivity contribution in [1.82, 2.24) is 19.8 Å². The van der Waals surface area contributed by atoms with Crippen molar-refractivity contribution in [3.05, 3.63) is 41.9 Å². The van der Waals surface area contributed by atoms with Gasteiger partial charge < -0.3 is 24.3 Å². The molecule has 0 bridgehead atoms. The molecule has 7 nitrogen and oxygen atoms in total. The van der Waals surface area contributed by atoms with E-state index in [-0.39, 0.29) is 11.9 Å². The predicted octanol–water partition coefficient (Wildman–Crippen LogP) is 2.02. The van der Waals surface area contributed by atoms with E-state index in [9.17, 15) is 9.90 Å². The summed E-state index contributed by atoms with van der Waals surface area (Å²) in [5.41, 5.74) is 0. The van der Waals surface area contributed by atoms with Crippen LogP contribution in [0.1, 0.15) is 36.3 Å². The Morgan fingerprint density at radius 2 is 2.20 bits per heavy atom. The fourth-order valence-electron chi connectivity index (χ4n) is 3.32. The van der Waals surface area contributed by atoms with Gasteiger partial charge in [0.2, 0.25) is 0 Å². The first-order valence-electron chi connectivity index (χ1n) is 8.78. The molecule has 1 aliphatic heterocycles. The van der Waals surface area contributed by atoms with Gasteiger partial charge in [-0.05, 0) is 37.8 Å². The van der Waals surface area contributed by atoms with E-state index < -0.39 is 6.10 Å². The van der Waals surface area contributed by atoms with Gasteiger partial charge in [-0.2, -0.15) is 0 Å². The molecule has 1 fully saturated rings. The summed E-state index contributed by atoms with van der Waals surface area (Å²) >= 11 is 0. The van der Waals surface area contributed by atoms with Gasteiger partial charge in [0.15, 0.2) is 0 Å². The molecule has 0 unspecified atom stereocenters. The molecule has 0 radical (unpaired) electrons. The standard InChI is InChI=1S/C18H26N4O3/c1-13-3-4-15(25-13)5-8-20-18(24)22-10-6-14(7-11-22)16(23)17-19-9-12-21(17)2/h3-4,9,12,14,16,23H,5-8,10-11H2,1-2H3,(H,20,24)/t16-/m0/s1. The van der Waals surface area contributed by atoms with Crippen LogP contribution in [-0.2, 0) is 13.5 Å². The number of aliphatic hydroxyl groups excluding tert-OH is 1. The van der Waals surface area contributed by atoms with Crippen LogP contribution in [0.15, 0.2) is 28.9 Å². The van der Waals surface area contributed by atoms with E-state index in [0.29, 0.717) is 31.9 Å². The number of carbonyl (C=O) groups is 1. The SMILES string of the molecule is Cc1ccc(CCNC(=O)N2CCC([C@H](O)c3nccn3C)CC2)o1. The van der Waals surface area contributed by atoms with Crippen molar-refractivity contribution in [3.63, 3.8) is 0 Å². The number of aromatic nitrogens is 2. The molecule has 0 aliphatic carbocycles. The van der Waals surface area contributed by atoms with Crippen LogP contribution >= 0.6 is 0 Å². The van der Waals surface area contributed by atoms with E-state index >= 15 is 0 Å². The third-order valence-corrected chi connectivity index (χ3v) is 4.84. The highest BCUT2D eigenvalue weighted by Crippen LogP contribution is 2.29.